The maximum atomic E-state index is 11.1. The first kappa shape index (κ1) is 9.39. The first-order valence-corrected chi connectivity index (χ1v) is 4.46. The summed E-state index contributed by atoms with van der Waals surface area (Å²) in [5, 5.41) is 4.17. The average molecular weight is 202 g/mol. The fraction of sp³-hybridized carbons (Fsp3) is 0.100. The van der Waals surface area contributed by atoms with Gasteiger partial charge in [0.25, 0.3) is 5.91 Å². The highest BCUT2D eigenvalue weighted by Gasteiger charge is 2.10. The van der Waals surface area contributed by atoms with Crippen LogP contribution in [0, 0.1) is 6.92 Å². The summed E-state index contributed by atoms with van der Waals surface area (Å²) >= 11 is 0. The van der Waals surface area contributed by atoms with Gasteiger partial charge in [0.05, 0.1) is 11.3 Å². The molecule has 2 heterocycles. The van der Waals surface area contributed by atoms with Gasteiger partial charge in [-0.25, -0.2) is 9.67 Å². The fourth-order valence-electron chi connectivity index (χ4n) is 1.30. The number of hydrogen-bond acceptors (Lipinski definition) is 3. The monoisotopic (exact) mass is 202 g/mol. The van der Waals surface area contributed by atoms with Crippen molar-refractivity contribution in [2.75, 3.05) is 0 Å². The first-order chi connectivity index (χ1) is 7.18. The van der Waals surface area contributed by atoms with E-state index in [4.69, 9.17) is 5.73 Å². The lowest BCUT2D eigenvalue weighted by atomic mass is 10.2. The Morgan fingerprint density at radius 3 is 2.87 bits per heavy atom. The van der Waals surface area contributed by atoms with Crippen molar-refractivity contribution in [3.8, 4) is 5.82 Å². The van der Waals surface area contributed by atoms with Crippen LogP contribution in [-0.2, 0) is 0 Å². The molecular weight excluding hydrogens is 192 g/mol. The Morgan fingerprint density at radius 1 is 1.47 bits per heavy atom. The van der Waals surface area contributed by atoms with Gasteiger partial charge in [-0.05, 0) is 25.1 Å². The van der Waals surface area contributed by atoms with Crippen molar-refractivity contribution in [3.05, 3.63) is 41.9 Å². The SMILES string of the molecule is Cc1ccn(-c2ncccc2C(N)=O)n1. The quantitative estimate of drug-likeness (QED) is 0.778. The molecule has 0 bridgehead atoms. The molecule has 2 N–H and O–H groups in total. The number of hydrogen-bond donors (Lipinski definition) is 1. The molecule has 0 atom stereocenters. The van der Waals surface area contributed by atoms with E-state index in [1.54, 1.807) is 24.5 Å². The average Bonchev–Trinajstić information content (AvgIpc) is 2.65. The minimum atomic E-state index is -0.508. The molecule has 76 valence electrons. The van der Waals surface area contributed by atoms with E-state index >= 15 is 0 Å². The number of carbonyl (C=O) groups is 1. The molecule has 0 aliphatic carbocycles. The summed E-state index contributed by atoms with van der Waals surface area (Å²) in [6.45, 7) is 1.86. The van der Waals surface area contributed by atoms with Crippen LogP contribution in [0.25, 0.3) is 5.82 Å². The predicted octanol–water partition coefficient (Wildman–Crippen LogP) is 0.675. The van der Waals surface area contributed by atoms with Gasteiger partial charge in [-0.2, -0.15) is 5.10 Å². The van der Waals surface area contributed by atoms with Crippen LogP contribution in [0.3, 0.4) is 0 Å². The zero-order chi connectivity index (χ0) is 10.8. The molecule has 1 amide bonds. The maximum Gasteiger partial charge on any atom is 0.252 e. The summed E-state index contributed by atoms with van der Waals surface area (Å²) in [6.07, 6.45) is 3.34. The standard InChI is InChI=1S/C10H10N4O/c1-7-4-6-14(13-7)10-8(9(11)15)3-2-5-12-10/h2-6H,1H3,(H2,11,15). The number of aryl methyl sites for hydroxylation is 1. The van der Waals surface area contributed by atoms with Crippen molar-refractivity contribution in [2.45, 2.75) is 6.92 Å². The molecule has 5 heteroatoms. The lowest BCUT2D eigenvalue weighted by molar-refractivity contribution is 0.1000. The van der Waals surface area contributed by atoms with Gasteiger partial charge in [0.1, 0.15) is 0 Å². The van der Waals surface area contributed by atoms with E-state index in [9.17, 15) is 4.79 Å². The molecule has 0 saturated heterocycles. The van der Waals surface area contributed by atoms with Gasteiger partial charge in [-0.1, -0.05) is 0 Å². The molecule has 2 rings (SSSR count). The van der Waals surface area contributed by atoms with Gasteiger partial charge in [-0.3, -0.25) is 4.79 Å². The van der Waals surface area contributed by atoms with Gasteiger partial charge in [0, 0.05) is 12.4 Å². The molecule has 0 unspecified atom stereocenters. The predicted molar refractivity (Wildman–Crippen MR) is 54.6 cm³/mol. The molecule has 0 radical (unpaired) electrons. The molecule has 2 aromatic heterocycles. The van der Waals surface area contributed by atoms with Crippen LogP contribution >= 0.6 is 0 Å². The number of aromatic nitrogens is 3. The number of nitrogens with zero attached hydrogens (tertiary/aromatic N) is 3. The minimum Gasteiger partial charge on any atom is -0.365 e. The van der Waals surface area contributed by atoms with E-state index < -0.39 is 5.91 Å². The molecule has 0 spiro atoms. The molecule has 2 aromatic rings. The zero-order valence-corrected chi connectivity index (χ0v) is 8.21. The second kappa shape index (κ2) is 3.53. The third-order valence-electron chi connectivity index (χ3n) is 1.99. The summed E-state index contributed by atoms with van der Waals surface area (Å²) < 4.78 is 1.54. The Bertz CT molecular complexity index is 504. The fourth-order valence-corrected chi connectivity index (χ4v) is 1.30. The third kappa shape index (κ3) is 1.71. The van der Waals surface area contributed by atoms with E-state index in [1.807, 2.05) is 13.0 Å². The number of primary amides is 1. The Hall–Kier alpha value is -2.17. The van der Waals surface area contributed by atoms with Gasteiger partial charge < -0.3 is 5.73 Å². The molecule has 0 aliphatic rings. The van der Waals surface area contributed by atoms with Crippen LogP contribution in [0.1, 0.15) is 16.1 Å². The summed E-state index contributed by atoms with van der Waals surface area (Å²) in [5.74, 6) is -0.0515. The second-order valence-electron chi connectivity index (χ2n) is 3.14. The molecule has 0 aromatic carbocycles. The van der Waals surface area contributed by atoms with Crippen LogP contribution in [-0.4, -0.2) is 20.7 Å². The summed E-state index contributed by atoms with van der Waals surface area (Å²) in [7, 11) is 0. The topological polar surface area (TPSA) is 73.8 Å². The van der Waals surface area contributed by atoms with Gasteiger partial charge in [0.15, 0.2) is 5.82 Å². The Kier molecular flexibility index (Phi) is 2.21. The van der Waals surface area contributed by atoms with E-state index in [2.05, 4.69) is 10.1 Å². The van der Waals surface area contributed by atoms with Crippen molar-refractivity contribution >= 4 is 5.91 Å². The summed E-state index contributed by atoms with van der Waals surface area (Å²) in [4.78, 5) is 15.2. The van der Waals surface area contributed by atoms with E-state index in [-0.39, 0.29) is 0 Å². The lowest BCUT2D eigenvalue weighted by Gasteiger charge is -2.04. The normalized spacial score (nSPS) is 10.2. The van der Waals surface area contributed by atoms with Crippen LogP contribution < -0.4 is 5.73 Å². The highest BCUT2D eigenvalue weighted by Crippen LogP contribution is 2.09. The van der Waals surface area contributed by atoms with Crippen LogP contribution in [0.2, 0.25) is 0 Å². The number of rotatable bonds is 2. The third-order valence-corrected chi connectivity index (χ3v) is 1.99. The molecular formula is C10H10N4O. The van der Waals surface area contributed by atoms with Crippen LogP contribution in [0.4, 0.5) is 0 Å². The highest BCUT2D eigenvalue weighted by atomic mass is 16.1. The molecule has 0 aliphatic heterocycles. The van der Waals surface area contributed by atoms with Gasteiger partial charge in [0.2, 0.25) is 0 Å². The number of amides is 1. The van der Waals surface area contributed by atoms with Crippen molar-refractivity contribution in [2.24, 2.45) is 5.73 Å². The van der Waals surface area contributed by atoms with E-state index in [0.29, 0.717) is 11.4 Å². The summed E-state index contributed by atoms with van der Waals surface area (Å²) in [5.41, 5.74) is 6.46. The van der Waals surface area contributed by atoms with Crippen LogP contribution in [0.5, 0.6) is 0 Å². The molecule has 15 heavy (non-hydrogen) atoms. The molecule has 0 fully saturated rings. The number of pyridine rings is 1. The first-order valence-electron chi connectivity index (χ1n) is 4.46. The largest absolute Gasteiger partial charge is 0.365 e. The Labute approximate surface area is 86.5 Å². The Morgan fingerprint density at radius 2 is 2.27 bits per heavy atom. The molecule has 5 nitrogen and oxygen atoms in total. The van der Waals surface area contributed by atoms with Gasteiger partial charge >= 0.3 is 0 Å². The van der Waals surface area contributed by atoms with Crippen molar-refractivity contribution in [3.63, 3.8) is 0 Å². The number of nitrogens with two attached hydrogens (primary N) is 1. The highest BCUT2D eigenvalue weighted by molar-refractivity contribution is 5.95. The van der Waals surface area contributed by atoms with Gasteiger partial charge in [-0.15, -0.1) is 0 Å². The van der Waals surface area contributed by atoms with Crippen molar-refractivity contribution in [1.29, 1.82) is 0 Å². The lowest BCUT2D eigenvalue weighted by Crippen LogP contribution is -2.15. The summed E-state index contributed by atoms with van der Waals surface area (Å²) in [6, 6.07) is 5.13. The van der Waals surface area contributed by atoms with E-state index in [0.717, 1.165) is 5.69 Å². The zero-order valence-electron chi connectivity index (χ0n) is 8.21. The van der Waals surface area contributed by atoms with Crippen molar-refractivity contribution in [1.82, 2.24) is 14.8 Å². The molecule has 0 saturated carbocycles. The Balaban J connectivity index is 2.57. The number of carbonyl (C=O) groups excluding carboxylic acids is 1. The second-order valence-corrected chi connectivity index (χ2v) is 3.14. The maximum absolute atomic E-state index is 11.1. The van der Waals surface area contributed by atoms with Crippen LogP contribution in [0.15, 0.2) is 30.6 Å². The smallest absolute Gasteiger partial charge is 0.252 e. The minimum absolute atomic E-state index is 0.362. The van der Waals surface area contributed by atoms with E-state index in [1.165, 1.54) is 4.68 Å². The van der Waals surface area contributed by atoms with Crippen molar-refractivity contribution < 1.29 is 4.79 Å².